The average Bonchev–Trinajstić information content (AvgIpc) is 2.16. The Kier molecular flexibility index (Phi) is 40.1. The minimum absolute atomic E-state index is 0. The number of halogens is 2. The molecule has 0 fully saturated rings. The Labute approximate surface area is 564 Å². The van der Waals surface area contributed by atoms with Crippen molar-refractivity contribution < 1.29 is 47.8 Å². The van der Waals surface area contributed by atoms with E-state index in [0.717, 1.165) is 0 Å². The molecule has 12 aromatic carbocycles. The molecule has 0 aromatic heterocycles. The largest absolute Gasteiger partial charge is 0.0622 e. The van der Waals surface area contributed by atoms with Gasteiger partial charge in [-0.3, -0.25) is 0 Å². The number of allylic oxidation sites excluding steroid dienone is 3. The van der Waals surface area contributed by atoms with E-state index in [1.807, 2.05) is 28.0 Å². The quantitative estimate of drug-likeness (QED) is 0.0342. The van der Waals surface area contributed by atoms with Crippen molar-refractivity contribution >= 4 is 119 Å². The van der Waals surface area contributed by atoms with Gasteiger partial charge in [-0.1, -0.05) is 364 Å². The molecule has 0 aliphatic carbocycles. The molecule has 3 nitrogen and oxygen atoms in total. The maximum Gasteiger partial charge on any atom is -0.0134 e. The van der Waals surface area contributed by atoms with Crippen LogP contribution in [-0.4, -0.2) is 10.1 Å². The van der Waals surface area contributed by atoms with Gasteiger partial charge >= 0.3 is 104 Å². The molecule has 0 spiro atoms. The zero-order chi connectivity index (χ0) is 63.2. The van der Waals surface area contributed by atoms with Crippen LogP contribution in [0.25, 0.3) is 0 Å². The van der Waals surface area contributed by atoms with Crippen molar-refractivity contribution in [2.24, 2.45) is 0 Å². The van der Waals surface area contributed by atoms with Crippen LogP contribution in [-0.2, 0) is 42.3 Å². The molecule has 0 heterocycles. The molecule has 0 unspecified atom stereocenters. The molecule has 0 radical (unpaired) electrons. The van der Waals surface area contributed by atoms with E-state index in [0.29, 0.717) is 0 Å². The van der Waals surface area contributed by atoms with Crippen molar-refractivity contribution in [2.75, 3.05) is 0 Å². The molecule has 0 bridgehead atoms. The van der Waals surface area contributed by atoms with Crippen LogP contribution in [0.2, 0.25) is 0 Å². The maximum absolute atomic E-state index is 7.50. The first-order valence-electron chi connectivity index (χ1n) is 27.8. The van der Waals surface area contributed by atoms with Crippen molar-refractivity contribution in [3.63, 3.8) is 0 Å². The van der Waals surface area contributed by atoms with E-state index >= 15 is 0 Å². The molecule has 0 saturated carbocycles. The van der Waals surface area contributed by atoms with E-state index in [1.54, 1.807) is 6.08 Å². The Balaban J connectivity index is 0.000000240. The number of benzene rings is 12. The summed E-state index contributed by atoms with van der Waals surface area (Å²) < 4.78 is 16.9. The van der Waals surface area contributed by atoms with Crippen LogP contribution in [0.4, 0.5) is 0 Å². The molecule has 11 heteroatoms. The van der Waals surface area contributed by atoms with Crippen LogP contribution in [0, 0.1) is 19.9 Å². The van der Waals surface area contributed by atoms with Crippen LogP contribution < -0.4 is 63.7 Å². The second-order valence-corrected chi connectivity index (χ2v) is 28.9. The summed E-state index contributed by atoms with van der Waals surface area (Å²) in [5.41, 5.74) is 0. The van der Waals surface area contributed by atoms with Gasteiger partial charge in [-0.25, -0.2) is 0 Å². The second-order valence-electron chi connectivity index (χ2n) is 18.1. The van der Waals surface area contributed by atoms with Gasteiger partial charge in [-0.2, -0.15) is 0 Å². The molecular weight excluding hydrogens is 1390 g/mol. The minimum Gasteiger partial charge on any atom is -0.0622 e. The Morgan fingerprint density at radius 2 is 0.367 bits per heavy atom. The predicted molar refractivity (Wildman–Crippen MR) is 388 cm³/mol. The number of hydrogen-bond donors (Lipinski definition) is 0. The molecule has 451 valence electrons. The molecule has 90 heavy (non-hydrogen) atoms. The Hall–Kier alpha value is -7.02. The first kappa shape index (κ1) is 75.4. The van der Waals surface area contributed by atoms with Gasteiger partial charge < -0.3 is 5.48 Å². The SMILES string of the molecule is O.[C-]#[O+].[C-]#[O+].[CH-]=C/C=C/[CH]=[Ru][Cl].[Cl][Ru+].c1ccc(P(c2ccccc2)c2ccccc2)cc1.c1ccc(P(c2ccccc2)c2ccccc2)cc1.c1ccc(P(c2ccccc2)c2ccccc2)cc1.c1ccc(P(c2ccccc2)c2ccccc2)cc1. The van der Waals surface area contributed by atoms with Gasteiger partial charge in [0.2, 0.25) is 0 Å². The van der Waals surface area contributed by atoms with Gasteiger partial charge in [0.05, 0.1) is 0 Å². The van der Waals surface area contributed by atoms with Crippen LogP contribution in [0.5, 0.6) is 0 Å². The molecule has 0 aliphatic heterocycles. The summed E-state index contributed by atoms with van der Waals surface area (Å²) >= 11 is 1.74. The van der Waals surface area contributed by atoms with Crippen molar-refractivity contribution in [2.45, 2.75) is 0 Å². The van der Waals surface area contributed by atoms with Gasteiger partial charge in [-0.15, -0.1) is 0 Å². The number of hydrogen-bond acceptors (Lipinski definition) is 0. The summed E-state index contributed by atoms with van der Waals surface area (Å²) in [5.74, 6) is 0. The first-order chi connectivity index (χ1) is 44.2. The maximum atomic E-state index is 7.50. The fraction of sp³-hybridized carbons (Fsp3) is 0. The van der Waals surface area contributed by atoms with Gasteiger partial charge in [0.25, 0.3) is 0 Å². The van der Waals surface area contributed by atoms with E-state index in [9.17, 15) is 0 Å². The van der Waals surface area contributed by atoms with Gasteiger partial charge in [0.15, 0.2) is 0 Å². The summed E-state index contributed by atoms with van der Waals surface area (Å²) in [6.45, 7) is 14.0. The van der Waals surface area contributed by atoms with Crippen LogP contribution in [0.15, 0.2) is 382 Å². The van der Waals surface area contributed by atoms with Gasteiger partial charge in [0, 0.05) is 0 Å². The summed E-state index contributed by atoms with van der Waals surface area (Å²) in [6.07, 6.45) is 5.06. The van der Waals surface area contributed by atoms with Gasteiger partial charge in [0.1, 0.15) is 0 Å². The van der Waals surface area contributed by atoms with Crippen LogP contribution in [0.1, 0.15) is 0 Å². The average molecular weight is 1460 g/mol. The van der Waals surface area contributed by atoms with Crippen molar-refractivity contribution in [3.05, 3.63) is 402 Å². The molecule has 0 saturated heterocycles. The molecule has 12 rings (SSSR count). The zero-order valence-corrected chi connectivity index (χ0v) is 57.7. The monoisotopic (exact) mass is 1460 g/mol. The smallest absolute Gasteiger partial charge is 0.0134 e. The van der Waals surface area contributed by atoms with Crippen molar-refractivity contribution in [3.8, 4) is 0 Å². The van der Waals surface area contributed by atoms with Crippen molar-refractivity contribution in [1.82, 2.24) is 0 Å². The fourth-order valence-corrected chi connectivity index (χ4v) is 18.7. The first-order valence-corrected chi connectivity index (χ1v) is 38.7. The molecular formula is C79H67Cl2O3P4Ru2. The van der Waals surface area contributed by atoms with Crippen LogP contribution >= 0.6 is 51.1 Å². The molecule has 0 amide bonds. The second kappa shape index (κ2) is 47.9. The predicted octanol–water partition coefficient (Wildman–Crippen LogP) is 15.1. The third-order valence-electron chi connectivity index (χ3n) is 12.5. The summed E-state index contributed by atoms with van der Waals surface area (Å²) in [6, 6.07) is 129. The zero-order valence-electron chi connectivity index (χ0n) is 49.1. The topological polar surface area (TPSA) is 71.3 Å². The molecule has 0 atom stereocenters. The van der Waals surface area contributed by atoms with Crippen molar-refractivity contribution in [1.29, 1.82) is 0 Å². The van der Waals surface area contributed by atoms with E-state index in [-0.39, 0.29) is 21.2 Å². The normalized spacial score (nSPS) is 9.99. The van der Waals surface area contributed by atoms with E-state index < -0.39 is 31.7 Å². The summed E-state index contributed by atoms with van der Waals surface area (Å²) in [7, 11) is 8.15. The Morgan fingerprint density at radius 3 is 0.456 bits per heavy atom. The molecule has 12 aromatic rings. The standard InChI is InChI=1S/4C18H15P.C5H5.2CO.2ClH.H2O.2Ru/c4*1-4-10-16(11-5-1)19(17-12-6-2-7-13-17)18-14-8-3-9-15-18;1-3-5-4-2;2*1-2;;;;;/h4*1-15H;1-5H;;;2*1H;1H2;;/q;;;;-1;;;;;;+1;+2/p-2/b;;;;5-3+;;;;;;;. The van der Waals surface area contributed by atoms with E-state index in [4.69, 9.17) is 25.6 Å². The minimum atomic E-state index is -0.446. The molecule has 2 N–H and O–H groups in total. The summed E-state index contributed by atoms with van der Waals surface area (Å²) in [5, 5.41) is 16.8. The fourth-order valence-electron chi connectivity index (χ4n) is 8.84. The van der Waals surface area contributed by atoms with E-state index in [1.165, 1.54) is 69.7 Å². The third-order valence-corrected chi connectivity index (χ3v) is 23.4. The summed E-state index contributed by atoms with van der Waals surface area (Å²) in [4.78, 5) is 0. The molecule has 0 aliphatic rings. The van der Waals surface area contributed by atoms with E-state index in [2.05, 4.69) is 387 Å². The van der Waals surface area contributed by atoms with Gasteiger partial charge in [-0.05, 0) is 95.3 Å². The van der Waals surface area contributed by atoms with Crippen LogP contribution in [0.3, 0.4) is 0 Å². The number of rotatable bonds is 14. The third kappa shape index (κ3) is 26.1. The Morgan fingerprint density at radius 1 is 0.256 bits per heavy atom. The Bertz CT molecular complexity index is 2950.